The van der Waals surface area contributed by atoms with Gasteiger partial charge >= 0.3 is 17.6 Å². The van der Waals surface area contributed by atoms with Gasteiger partial charge in [0.2, 0.25) is 27.7 Å². The quantitative estimate of drug-likeness (QED) is 0.0618. The molecule has 0 bridgehead atoms. The van der Waals surface area contributed by atoms with Gasteiger partial charge in [-0.25, -0.2) is 31.6 Å². The summed E-state index contributed by atoms with van der Waals surface area (Å²) in [7, 11) is -3.90. The fraction of sp³-hybridized carbons (Fsp3) is 0.429. The van der Waals surface area contributed by atoms with E-state index in [9.17, 15) is 42.3 Å². The van der Waals surface area contributed by atoms with Crippen LogP contribution in [0, 0.1) is 0 Å². The Balaban J connectivity index is 0.870. The Morgan fingerprint density at radius 2 is 1.69 bits per heavy atom. The van der Waals surface area contributed by atoms with Crippen LogP contribution in [0.15, 0.2) is 71.5 Å². The summed E-state index contributed by atoms with van der Waals surface area (Å²) in [6, 6.07) is 16.7. The van der Waals surface area contributed by atoms with Crippen molar-refractivity contribution in [2.45, 2.75) is 101 Å². The van der Waals surface area contributed by atoms with Crippen molar-refractivity contribution in [2.75, 3.05) is 43.4 Å². The predicted octanol–water partition coefficient (Wildman–Crippen LogP) is 7.15. The fourth-order valence-electron chi connectivity index (χ4n) is 10.2. The normalized spacial score (nSPS) is 20.6. The highest BCUT2D eigenvalue weighted by molar-refractivity contribution is 7.88. The number of aromatic nitrogens is 2. The maximum Gasteiger partial charge on any atom is 0.349 e. The molecule has 3 saturated heterocycles. The fourth-order valence-corrected chi connectivity index (χ4v) is 13.6. The van der Waals surface area contributed by atoms with Crippen molar-refractivity contribution in [3.05, 3.63) is 98.2 Å². The van der Waals surface area contributed by atoms with Crippen LogP contribution in [0.5, 0.6) is 5.75 Å². The molecular weight excluding hydrogens is 1000 g/mol. The molecule has 0 saturated carbocycles. The number of carbonyl (C=O) groups excluding carboxylic acids is 3. The first-order valence-electron chi connectivity index (χ1n) is 23.3. The first-order valence-corrected chi connectivity index (χ1v) is 26.1. The van der Waals surface area contributed by atoms with E-state index in [-0.39, 0.29) is 72.4 Å². The van der Waals surface area contributed by atoms with E-state index in [1.807, 2.05) is 19.9 Å². The SMILES string of the molecule is CC(C)n1c(=O)n(C2CCC(=O)NC2=O)c2ccc(C3CCN(CC(=O)Nc4cccc(CS(=O)(=O)N5CC[C@H](Nc6cccc(-c7sc(C(=O)O)c(OCC(=O)O)c7Cl)c6)CC5(C)C)c4)CC3(F)F)cc21. The number of carboxylic acids is 2. The van der Waals surface area contributed by atoms with Crippen LogP contribution in [-0.2, 0) is 35.0 Å². The molecule has 5 aromatic rings. The van der Waals surface area contributed by atoms with Crippen molar-refractivity contribution in [1.29, 1.82) is 0 Å². The molecule has 3 aromatic carbocycles. The molecule has 0 radical (unpaired) electrons. The molecule has 0 spiro atoms. The first-order chi connectivity index (χ1) is 33.9. The molecule has 5 N–H and O–H groups in total. The third-order valence-corrected chi connectivity index (χ3v) is 17.0. The van der Waals surface area contributed by atoms with E-state index in [1.165, 1.54) is 18.3 Å². The van der Waals surface area contributed by atoms with E-state index >= 15 is 8.78 Å². The summed E-state index contributed by atoms with van der Waals surface area (Å²) in [6.45, 7) is 5.77. The second kappa shape index (κ2) is 20.4. The zero-order chi connectivity index (χ0) is 52.0. The van der Waals surface area contributed by atoms with Gasteiger partial charge in [0.1, 0.15) is 11.1 Å². The van der Waals surface area contributed by atoms with Crippen molar-refractivity contribution in [3.8, 4) is 16.2 Å². The summed E-state index contributed by atoms with van der Waals surface area (Å²) in [6.07, 6.45) is 1.08. The van der Waals surface area contributed by atoms with Crippen molar-refractivity contribution >= 4 is 85.0 Å². The van der Waals surface area contributed by atoms with Gasteiger partial charge in [0, 0.05) is 42.0 Å². The molecule has 8 rings (SSSR count). The number of rotatable bonds is 16. The van der Waals surface area contributed by atoms with E-state index in [2.05, 4.69) is 16.0 Å². The van der Waals surface area contributed by atoms with Crippen LogP contribution in [0.2, 0.25) is 5.02 Å². The number of thiophene rings is 1. The number of fused-ring (bicyclic) bond motifs is 1. The zero-order valence-corrected chi connectivity index (χ0v) is 42.1. The minimum Gasteiger partial charge on any atom is -0.479 e. The Morgan fingerprint density at radius 3 is 2.38 bits per heavy atom. The Hall–Kier alpha value is -6.20. The lowest BCUT2D eigenvalue weighted by atomic mass is 9.86. The predicted molar refractivity (Wildman–Crippen MR) is 267 cm³/mol. The van der Waals surface area contributed by atoms with E-state index in [0.717, 1.165) is 11.3 Å². The van der Waals surface area contributed by atoms with Crippen LogP contribution < -0.4 is 26.4 Å². The number of carbonyl (C=O) groups is 5. The number of sulfonamides is 1. The minimum absolute atomic E-state index is 0.00718. The molecule has 23 heteroatoms. The van der Waals surface area contributed by atoms with Crippen LogP contribution >= 0.6 is 22.9 Å². The number of aliphatic carboxylic acids is 1. The minimum atomic E-state index is -3.90. The van der Waals surface area contributed by atoms with Crippen LogP contribution in [0.25, 0.3) is 21.5 Å². The number of benzene rings is 3. The van der Waals surface area contributed by atoms with E-state index in [4.69, 9.17) is 21.4 Å². The monoisotopic (exact) mass is 1050 g/mol. The lowest BCUT2D eigenvalue weighted by Gasteiger charge is -2.45. The molecule has 384 valence electrons. The van der Waals surface area contributed by atoms with Gasteiger partial charge in [-0.1, -0.05) is 41.9 Å². The molecule has 2 aromatic heterocycles. The Kier molecular flexibility index (Phi) is 14.7. The number of carboxylic acid groups (broad SMARTS) is 2. The number of alkyl halides is 2. The van der Waals surface area contributed by atoms with Crippen molar-refractivity contribution < 1.29 is 56.1 Å². The number of anilines is 2. The molecule has 3 aliphatic heterocycles. The second-order valence-electron chi connectivity index (χ2n) is 19.3. The highest BCUT2D eigenvalue weighted by Gasteiger charge is 2.46. The van der Waals surface area contributed by atoms with Gasteiger partial charge < -0.3 is 25.6 Å². The maximum atomic E-state index is 16.1. The number of hydrogen-bond donors (Lipinski definition) is 5. The molecule has 2 unspecified atom stereocenters. The average molecular weight is 1050 g/mol. The second-order valence-corrected chi connectivity index (χ2v) is 22.6. The number of halogens is 3. The number of hydrogen-bond acceptors (Lipinski definition) is 12. The van der Waals surface area contributed by atoms with Gasteiger partial charge in [0.25, 0.3) is 5.92 Å². The largest absolute Gasteiger partial charge is 0.479 e. The third-order valence-electron chi connectivity index (χ3n) is 13.3. The Bertz CT molecular complexity index is 3150. The van der Waals surface area contributed by atoms with Crippen LogP contribution in [-0.4, -0.2) is 117 Å². The lowest BCUT2D eigenvalue weighted by molar-refractivity contribution is -0.139. The number of imide groups is 1. The number of ether oxygens (including phenoxy) is 1. The molecule has 5 heterocycles. The van der Waals surface area contributed by atoms with Crippen molar-refractivity contribution in [1.82, 2.24) is 23.7 Å². The number of imidazole rings is 1. The van der Waals surface area contributed by atoms with E-state index in [0.29, 0.717) is 56.8 Å². The standard InChI is InChI=1S/C49H54ClF2N7O11S2/c1-27(2)58-37-21-29(11-12-35(37)59(47(58)67)36-13-14-38(60)55-45(36)64)34-16-17-56(26-49(34,51)52)23-39(61)54-31-9-5-7-28(19-31)25-72(68,69)57-18-15-33(22-48(57,3)4)53-32-10-6-8-30(20-32)43-41(50)42(70-24-40(62)63)44(71-43)46(65)66/h5-12,19-21,27,33-34,36,53H,13-18,22-26H2,1-4H3,(H,54,61)(H,62,63)(H,65,66)(H,55,60,64)/t33-,34?,36?/m0/s1. The van der Waals surface area contributed by atoms with Gasteiger partial charge in [-0.3, -0.25) is 33.7 Å². The first kappa shape index (κ1) is 52.1. The highest BCUT2D eigenvalue weighted by Crippen LogP contribution is 2.46. The van der Waals surface area contributed by atoms with Crippen molar-refractivity contribution in [3.63, 3.8) is 0 Å². The summed E-state index contributed by atoms with van der Waals surface area (Å²) in [4.78, 5) is 76.1. The molecule has 72 heavy (non-hydrogen) atoms. The summed E-state index contributed by atoms with van der Waals surface area (Å²) >= 11 is 7.37. The van der Waals surface area contributed by atoms with E-state index < -0.39 is 81.9 Å². The molecule has 3 aliphatic rings. The molecule has 3 fully saturated rings. The summed E-state index contributed by atoms with van der Waals surface area (Å²) in [5.41, 5.74) is 1.77. The van der Waals surface area contributed by atoms with Gasteiger partial charge in [0.05, 0.1) is 40.7 Å². The summed E-state index contributed by atoms with van der Waals surface area (Å²) in [5, 5.41) is 27.2. The third kappa shape index (κ3) is 10.9. The average Bonchev–Trinajstić information content (AvgIpc) is 3.77. The smallest absolute Gasteiger partial charge is 0.349 e. The van der Waals surface area contributed by atoms with E-state index in [1.54, 1.807) is 74.5 Å². The van der Waals surface area contributed by atoms with Gasteiger partial charge in [0.15, 0.2) is 17.2 Å². The summed E-state index contributed by atoms with van der Waals surface area (Å²) < 4.78 is 69.7. The number of nitrogens with one attached hydrogen (secondary N) is 3. The zero-order valence-electron chi connectivity index (χ0n) is 39.7. The van der Waals surface area contributed by atoms with Gasteiger partial charge in [-0.05, 0) is 113 Å². The maximum absolute atomic E-state index is 16.1. The number of nitrogens with zero attached hydrogens (tertiary/aromatic N) is 4. The van der Waals surface area contributed by atoms with Crippen molar-refractivity contribution in [2.24, 2.45) is 0 Å². The van der Waals surface area contributed by atoms with Crippen LogP contribution in [0.4, 0.5) is 20.2 Å². The topological polar surface area (TPSA) is 239 Å². The number of likely N-dealkylation sites (tertiary alicyclic amines) is 1. The molecule has 0 aliphatic carbocycles. The van der Waals surface area contributed by atoms with Gasteiger partial charge in [-0.15, -0.1) is 11.3 Å². The summed E-state index contributed by atoms with van der Waals surface area (Å²) in [5.74, 6) is -9.26. The number of piperidine rings is 3. The van der Waals surface area contributed by atoms with Crippen LogP contribution in [0.3, 0.4) is 0 Å². The highest BCUT2D eigenvalue weighted by atomic mass is 35.5. The molecule has 3 atom stereocenters. The lowest BCUT2D eigenvalue weighted by Crippen LogP contribution is -2.55. The van der Waals surface area contributed by atoms with Gasteiger partial charge in [-0.2, -0.15) is 4.31 Å². The number of amides is 3. The Labute approximate surface area is 421 Å². The molecular formula is C49H54ClF2N7O11S2. The number of aromatic carboxylic acids is 1. The Morgan fingerprint density at radius 1 is 0.958 bits per heavy atom. The molecule has 18 nitrogen and oxygen atoms in total. The molecule has 3 amide bonds. The van der Waals surface area contributed by atoms with Crippen LogP contribution in [0.1, 0.15) is 98.6 Å².